The molecular weight excluding hydrogens is 261 g/mol. The molecule has 112 valence electrons. The molecule has 1 atom stereocenters. The van der Waals surface area contributed by atoms with Gasteiger partial charge in [0, 0.05) is 12.4 Å². The van der Waals surface area contributed by atoms with E-state index in [0.29, 0.717) is 0 Å². The lowest BCUT2D eigenvalue weighted by Crippen LogP contribution is -2.41. The number of nitrogens with zero attached hydrogens (tertiary/aromatic N) is 1. The minimum atomic E-state index is -0.269. The second-order valence-corrected chi connectivity index (χ2v) is 7.01. The van der Waals surface area contributed by atoms with Gasteiger partial charge in [0.15, 0.2) is 0 Å². The van der Waals surface area contributed by atoms with Gasteiger partial charge in [-0.25, -0.2) is 0 Å². The van der Waals surface area contributed by atoms with Crippen LogP contribution in [0.15, 0.2) is 40.9 Å². The lowest BCUT2D eigenvalue weighted by atomic mass is 9.67. The third-order valence-corrected chi connectivity index (χ3v) is 4.87. The van der Waals surface area contributed by atoms with E-state index in [-0.39, 0.29) is 24.1 Å². The van der Waals surface area contributed by atoms with Gasteiger partial charge in [0.25, 0.3) is 0 Å². The third-order valence-electron chi connectivity index (χ3n) is 4.87. The van der Waals surface area contributed by atoms with Gasteiger partial charge < -0.3 is 9.31 Å². The Morgan fingerprint density at radius 3 is 2.43 bits per heavy atom. The Morgan fingerprint density at radius 1 is 1.10 bits per heavy atom. The van der Waals surface area contributed by atoms with Crippen molar-refractivity contribution in [2.24, 2.45) is 4.99 Å². The van der Waals surface area contributed by atoms with Crippen LogP contribution in [0.2, 0.25) is 5.82 Å². The molecule has 0 aromatic carbocycles. The Kier molecular flexibility index (Phi) is 3.70. The molecule has 0 saturated carbocycles. The van der Waals surface area contributed by atoms with Crippen LogP contribution in [-0.4, -0.2) is 30.6 Å². The summed E-state index contributed by atoms with van der Waals surface area (Å²) in [6, 6.07) is 0. The molecule has 1 unspecified atom stereocenters. The number of allylic oxidation sites excluding steroid dienone is 5. The van der Waals surface area contributed by atoms with E-state index in [1.165, 1.54) is 5.57 Å². The summed E-state index contributed by atoms with van der Waals surface area (Å²) in [4.78, 5) is 4.60. The van der Waals surface area contributed by atoms with E-state index in [0.717, 1.165) is 25.1 Å². The van der Waals surface area contributed by atoms with E-state index in [9.17, 15) is 0 Å². The second kappa shape index (κ2) is 5.26. The summed E-state index contributed by atoms with van der Waals surface area (Å²) in [5, 5.41) is 0. The Hall–Kier alpha value is -1.13. The molecule has 2 aliphatic heterocycles. The van der Waals surface area contributed by atoms with Gasteiger partial charge in [-0.2, -0.15) is 0 Å². The van der Waals surface area contributed by atoms with Gasteiger partial charge in [0.05, 0.1) is 16.9 Å². The van der Waals surface area contributed by atoms with Crippen molar-refractivity contribution in [3.8, 4) is 0 Å². The van der Waals surface area contributed by atoms with E-state index in [4.69, 9.17) is 9.31 Å². The Labute approximate surface area is 128 Å². The minimum Gasteiger partial charge on any atom is -0.403 e. The summed E-state index contributed by atoms with van der Waals surface area (Å²) >= 11 is 0. The van der Waals surface area contributed by atoms with E-state index < -0.39 is 0 Å². The predicted octanol–water partition coefficient (Wildman–Crippen LogP) is 3.74. The van der Waals surface area contributed by atoms with Crippen LogP contribution in [0, 0.1) is 0 Å². The van der Waals surface area contributed by atoms with Crippen molar-refractivity contribution in [2.45, 2.75) is 57.6 Å². The van der Waals surface area contributed by atoms with Crippen LogP contribution in [-0.2, 0) is 9.31 Å². The standard InChI is InChI=1S/C17H24BNO2/c1-16(2)17(3,4)21-18(20-16)14-9-7-8-13(12-14)15-10-5-6-11-19-15/h5,7-8,10,12,14H,6,9,11H2,1-4H3. The van der Waals surface area contributed by atoms with Crippen molar-refractivity contribution in [1.82, 2.24) is 0 Å². The van der Waals surface area contributed by atoms with Crippen LogP contribution >= 0.6 is 0 Å². The first-order chi connectivity index (χ1) is 9.89. The first-order valence-corrected chi connectivity index (χ1v) is 7.84. The van der Waals surface area contributed by atoms with Gasteiger partial charge in [0.2, 0.25) is 0 Å². The Bertz CT molecular complexity index is 527. The Morgan fingerprint density at radius 2 is 1.81 bits per heavy atom. The SMILES string of the molecule is CC1(C)OB(C2C=C(C3=NCCC=C3)C=CC2)OC1(C)C. The summed E-state index contributed by atoms with van der Waals surface area (Å²) in [5.41, 5.74) is 1.74. The molecule has 21 heavy (non-hydrogen) atoms. The van der Waals surface area contributed by atoms with Crippen molar-refractivity contribution in [3.63, 3.8) is 0 Å². The first-order valence-electron chi connectivity index (χ1n) is 7.84. The zero-order valence-corrected chi connectivity index (χ0v) is 13.4. The fraction of sp³-hybridized carbons (Fsp3) is 0.588. The summed E-state index contributed by atoms with van der Waals surface area (Å²) in [6.07, 6.45) is 12.9. The number of rotatable bonds is 2. The quantitative estimate of drug-likeness (QED) is 0.724. The van der Waals surface area contributed by atoms with Crippen molar-refractivity contribution >= 4 is 12.8 Å². The zero-order valence-electron chi connectivity index (χ0n) is 13.4. The summed E-state index contributed by atoms with van der Waals surface area (Å²) in [5.74, 6) is 0.254. The molecule has 3 rings (SSSR count). The highest BCUT2D eigenvalue weighted by Gasteiger charge is 2.53. The van der Waals surface area contributed by atoms with Gasteiger partial charge in [-0.3, -0.25) is 4.99 Å². The first kappa shape index (κ1) is 14.8. The topological polar surface area (TPSA) is 30.8 Å². The minimum absolute atomic E-state index is 0.178. The van der Waals surface area contributed by atoms with Gasteiger partial charge >= 0.3 is 7.12 Å². The molecule has 1 saturated heterocycles. The van der Waals surface area contributed by atoms with Crippen molar-refractivity contribution in [3.05, 3.63) is 36.0 Å². The van der Waals surface area contributed by atoms with E-state index in [2.05, 4.69) is 63.1 Å². The fourth-order valence-electron chi connectivity index (χ4n) is 2.82. The highest BCUT2D eigenvalue weighted by Crippen LogP contribution is 2.42. The molecule has 0 aromatic rings. The normalized spacial score (nSPS) is 30.3. The molecule has 1 fully saturated rings. The molecule has 0 aromatic heterocycles. The largest absolute Gasteiger partial charge is 0.465 e. The van der Waals surface area contributed by atoms with Crippen LogP contribution in [0.3, 0.4) is 0 Å². The van der Waals surface area contributed by atoms with Gasteiger partial charge in [-0.1, -0.05) is 24.3 Å². The molecule has 0 bridgehead atoms. The van der Waals surface area contributed by atoms with E-state index in [1.807, 2.05) is 0 Å². The van der Waals surface area contributed by atoms with Crippen LogP contribution in [0.25, 0.3) is 0 Å². The summed E-state index contributed by atoms with van der Waals surface area (Å²) in [7, 11) is -0.178. The highest BCUT2D eigenvalue weighted by molar-refractivity contribution is 6.48. The molecule has 0 spiro atoms. The maximum absolute atomic E-state index is 6.18. The average molecular weight is 285 g/mol. The summed E-state index contributed by atoms with van der Waals surface area (Å²) < 4.78 is 12.4. The molecule has 0 N–H and O–H groups in total. The smallest absolute Gasteiger partial charge is 0.403 e. The molecule has 0 amide bonds. The van der Waals surface area contributed by atoms with Gasteiger partial charge in [-0.15, -0.1) is 0 Å². The van der Waals surface area contributed by atoms with Crippen LogP contribution in [0.5, 0.6) is 0 Å². The number of dihydropyridines is 1. The molecule has 0 radical (unpaired) electrons. The van der Waals surface area contributed by atoms with Gasteiger partial charge in [0.1, 0.15) is 0 Å². The lowest BCUT2D eigenvalue weighted by Gasteiger charge is -2.32. The lowest BCUT2D eigenvalue weighted by molar-refractivity contribution is 0.00578. The average Bonchev–Trinajstić information content (AvgIpc) is 2.69. The maximum atomic E-state index is 6.18. The van der Waals surface area contributed by atoms with Crippen molar-refractivity contribution in [2.75, 3.05) is 6.54 Å². The van der Waals surface area contributed by atoms with Crippen LogP contribution < -0.4 is 0 Å². The summed E-state index contributed by atoms with van der Waals surface area (Å²) in [6.45, 7) is 9.29. The number of hydrogen-bond acceptors (Lipinski definition) is 3. The fourth-order valence-corrected chi connectivity index (χ4v) is 2.82. The van der Waals surface area contributed by atoms with E-state index in [1.54, 1.807) is 0 Å². The molecule has 3 nitrogen and oxygen atoms in total. The van der Waals surface area contributed by atoms with Crippen LogP contribution in [0.4, 0.5) is 0 Å². The van der Waals surface area contributed by atoms with Gasteiger partial charge in [-0.05, 0) is 52.2 Å². The monoisotopic (exact) mass is 285 g/mol. The van der Waals surface area contributed by atoms with E-state index >= 15 is 0 Å². The molecule has 1 aliphatic carbocycles. The molecule has 4 heteroatoms. The third kappa shape index (κ3) is 2.79. The zero-order chi connectivity index (χ0) is 15.1. The number of hydrogen-bond donors (Lipinski definition) is 0. The molecular formula is C17H24BNO2. The van der Waals surface area contributed by atoms with Crippen molar-refractivity contribution in [1.29, 1.82) is 0 Å². The van der Waals surface area contributed by atoms with Crippen LogP contribution in [0.1, 0.15) is 40.5 Å². The number of aliphatic imine (C=N–C) groups is 1. The predicted molar refractivity (Wildman–Crippen MR) is 87.7 cm³/mol. The highest BCUT2D eigenvalue weighted by atomic mass is 16.7. The van der Waals surface area contributed by atoms with Crippen molar-refractivity contribution < 1.29 is 9.31 Å². The Balaban J connectivity index is 1.79. The molecule has 3 aliphatic rings. The second-order valence-electron chi connectivity index (χ2n) is 7.01. The molecule has 2 heterocycles. The maximum Gasteiger partial charge on any atom is 0.465 e.